The standard InChI is InChI=1S/C14H19FN2O3S/c1-9(2)13-4-3-7-17(13)14(18)11-6-5-10(8-12(11)15)21(16,19)20/h5-6,8-9,13H,3-4,7H2,1-2H3,(H2,16,19,20). The smallest absolute Gasteiger partial charge is 0.257 e. The van der Waals surface area contributed by atoms with Gasteiger partial charge in [0.05, 0.1) is 10.5 Å². The highest BCUT2D eigenvalue weighted by Gasteiger charge is 2.32. The van der Waals surface area contributed by atoms with Crippen molar-refractivity contribution in [1.29, 1.82) is 0 Å². The number of primary sulfonamides is 1. The van der Waals surface area contributed by atoms with E-state index in [1.54, 1.807) is 4.90 Å². The minimum atomic E-state index is -3.98. The highest BCUT2D eigenvalue weighted by molar-refractivity contribution is 7.89. The lowest BCUT2D eigenvalue weighted by atomic mass is 10.0. The number of hydrogen-bond acceptors (Lipinski definition) is 3. The summed E-state index contributed by atoms with van der Waals surface area (Å²) >= 11 is 0. The predicted molar refractivity (Wildman–Crippen MR) is 76.7 cm³/mol. The van der Waals surface area contributed by atoms with Crippen LogP contribution >= 0.6 is 0 Å². The van der Waals surface area contributed by atoms with E-state index in [2.05, 4.69) is 0 Å². The van der Waals surface area contributed by atoms with Gasteiger partial charge in [-0.2, -0.15) is 0 Å². The summed E-state index contributed by atoms with van der Waals surface area (Å²) in [6.45, 7) is 4.64. The minimum Gasteiger partial charge on any atom is -0.335 e. The molecular weight excluding hydrogens is 295 g/mol. The molecule has 1 aliphatic rings. The number of carbonyl (C=O) groups excluding carboxylic acids is 1. The van der Waals surface area contributed by atoms with Crippen molar-refractivity contribution in [1.82, 2.24) is 4.90 Å². The van der Waals surface area contributed by atoms with Gasteiger partial charge in [-0.3, -0.25) is 4.79 Å². The molecule has 0 aliphatic carbocycles. The van der Waals surface area contributed by atoms with Crippen molar-refractivity contribution in [3.8, 4) is 0 Å². The summed E-state index contributed by atoms with van der Waals surface area (Å²) in [7, 11) is -3.98. The lowest BCUT2D eigenvalue weighted by Gasteiger charge is -2.28. The number of halogens is 1. The van der Waals surface area contributed by atoms with E-state index in [0.717, 1.165) is 25.0 Å². The van der Waals surface area contributed by atoms with Crippen LogP contribution in [0.5, 0.6) is 0 Å². The lowest BCUT2D eigenvalue weighted by Crippen LogP contribution is -2.38. The number of nitrogens with zero attached hydrogens (tertiary/aromatic N) is 1. The van der Waals surface area contributed by atoms with Gasteiger partial charge in [-0.05, 0) is 37.0 Å². The third-order valence-electron chi connectivity index (χ3n) is 3.83. The molecule has 1 atom stereocenters. The summed E-state index contributed by atoms with van der Waals surface area (Å²) in [5.41, 5.74) is -0.116. The van der Waals surface area contributed by atoms with Crippen LogP contribution in [0, 0.1) is 11.7 Å². The van der Waals surface area contributed by atoms with Crippen molar-refractivity contribution in [2.45, 2.75) is 37.6 Å². The number of amides is 1. The number of sulfonamides is 1. The van der Waals surface area contributed by atoms with E-state index in [-0.39, 0.29) is 16.5 Å². The number of carbonyl (C=O) groups is 1. The molecule has 1 aromatic carbocycles. The molecule has 0 radical (unpaired) electrons. The van der Waals surface area contributed by atoms with Crippen LogP contribution in [0.1, 0.15) is 37.0 Å². The first-order chi connectivity index (χ1) is 9.71. The van der Waals surface area contributed by atoms with E-state index in [1.807, 2.05) is 13.8 Å². The maximum atomic E-state index is 14.0. The average molecular weight is 314 g/mol. The van der Waals surface area contributed by atoms with Gasteiger partial charge in [0.1, 0.15) is 5.82 Å². The van der Waals surface area contributed by atoms with Gasteiger partial charge in [0.25, 0.3) is 5.91 Å². The molecule has 0 saturated carbocycles. The minimum absolute atomic E-state index is 0.0924. The van der Waals surface area contributed by atoms with Gasteiger partial charge in [0.15, 0.2) is 0 Å². The third kappa shape index (κ3) is 3.24. The van der Waals surface area contributed by atoms with Gasteiger partial charge < -0.3 is 4.90 Å². The highest BCUT2D eigenvalue weighted by Crippen LogP contribution is 2.26. The van der Waals surface area contributed by atoms with Crippen LogP contribution in [-0.2, 0) is 10.0 Å². The first-order valence-electron chi connectivity index (χ1n) is 6.85. The fraction of sp³-hybridized carbons (Fsp3) is 0.500. The van der Waals surface area contributed by atoms with E-state index in [4.69, 9.17) is 5.14 Å². The molecule has 1 unspecified atom stereocenters. The van der Waals surface area contributed by atoms with Crippen molar-refractivity contribution in [3.05, 3.63) is 29.6 Å². The number of nitrogens with two attached hydrogens (primary N) is 1. The predicted octanol–water partition coefficient (Wildman–Crippen LogP) is 1.73. The largest absolute Gasteiger partial charge is 0.335 e. The van der Waals surface area contributed by atoms with Crippen LogP contribution in [0.3, 0.4) is 0 Å². The Balaban J connectivity index is 2.32. The van der Waals surface area contributed by atoms with Gasteiger partial charge in [-0.15, -0.1) is 0 Å². The Kier molecular flexibility index (Phi) is 4.34. The molecule has 0 aromatic heterocycles. The molecule has 0 spiro atoms. The highest BCUT2D eigenvalue weighted by atomic mass is 32.2. The molecule has 2 N–H and O–H groups in total. The van der Waals surface area contributed by atoms with Crippen molar-refractivity contribution in [2.75, 3.05) is 6.54 Å². The lowest BCUT2D eigenvalue weighted by molar-refractivity contribution is 0.0696. The summed E-state index contributed by atoms with van der Waals surface area (Å²) in [6, 6.07) is 3.23. The zero-order chi connectivity index (χ0) is 15.8. The third-order valence-corrected chi connectivity index (χ3v) is 4.74. The Hall–Kier alpha value is -1.47. The molecule has 1 saturated heterocycles. The molecule has 1 aromatic rings. The molecule has 7 heteroatoms. The normalized spacial score (nSPS) is 19.3. The maximum Gasteiger partial charge on any atom is 0.257 e. The van der Waals surface area contributed by atoms with Gasteiger partial charge in [0, 0.05) is 12.6 Å². The topological polar surface area (TPSA) is 80.5 Å². The molecular formula is C14H19FN2O3S. The molecule has 1 fully saturated rings. The fourth-order valence-corrected chi connectivity index (χ4v) is 3.26. The van der Waals surface area contributed by atoms with E-state index in [0.29, 0.717) is 12.5 Å². The molecule has 2 rings (SSSR count). The zero-order valence-corrected chi connectivity index (χ0v) is 12.9. The molecule has 21 heavy (non-hydrogen) atoms. The quantitative estimate of drug-likeness (QED) is 0.922. The second-order valence-corrected chi connectivity index (χ2v) is 7.20. The summed E-state index contributed by atoms with van der Waals surface area (Å²) in [6.07, 6.45) is 1.80. The monoisotopic (exact) mass is 314 g/mol. The van der Waals surface area contributed by atoms with Crippen molar-refractivity contribution in [2.24, 2.45) is 11.1 Å². The van der Waals surface area contributed by atoms with Gasteiger partial charge in [-0.1, -0.05) is 13.8 Å². The summed E-state index contributed by atoms with van der Waals surface area (Å²) in [5, 5.41) is 4.95. The Labute approximate surface area is 124 Å². The molecule has 1 amide bonds. The van der Waals surface area contributed by atoms with Crippen LogP contribution in [0.15, 0.2) is 23.1 Å². The Morgan fingerprint density at radius 3 is 2.62 bits per heavy atom. The van der Waals surface area contributed by atoms with E-state index in [9.17, 15) is 17.6 Å². The van der Waals surface area contributed by atoms with Crippen molar-refractivity contribution >= 4 is 15.9 Å². The van der Waals surface area contributed by atoms with Crippen LogP contribution in [-0.4, -0.2) is 31.8 Å². The van der Waals surface area contributed by atoms with Gasteiger partial charge in [-0.25, -0.2) is 17.9 Å². The molecule has 1 aliphatic heterocycles. The van der Waals surface area contributed by atoms with Gasteiger partial charge >= 0.3 is 0 Å². The van der Waals surface area contributed by atoms with E-state index >= 15 is 0 Å². The number of benzene rings is 1. The second kappa shape index (κ2) is 5.73. The first-order valence-corrected chi connectivity index (χ1v) is 8.39. The van der Waals surface area contributed by atoms with Crippen molar-refractivity contribution in [3.63, 3.8) is 0 Å². The first kappa shape index (κ1) is 15.9. The molecule has 116 valence electrons. The summed E-state index contributed by atoms with van der Waals surface area (Å²) in [5.74, 6) is -0.964. The second-order valence-electron chi connectivity index (χ2n) is 5.64. The summed E-state index contributed by atoms with van der Waals surface area (Å²) < 4.78 is 36.4. The van der Waals surface area contributed by atoms with Crippen LogP contribution in [0.25, 0.3) is 0 Å². The number of likely N-dealkylation sites (tertiary alicyclic amines) is 1. The maximum absolute atomic E-state index is 14.0. The molecule has 5 nitrogen and oxygen atoms in total. The van der Waals surface area contributed by atoms with Crippen LogP contribution in [0.4, 0.5) is 4.39 Å². The Morgan fingerprint density at radius 1 is 1.43 bits per heavy atom. The SMILES string of the molecule is CC(C)C1CCCN1C(=O)c1ccc(S(N)(=O)=O)cc1F. The number of hydrogen-bond donors (Lipinski definition) is 1. The van der Waals surface area contributed by atoms with Crippen molar-refractivity contribution < 1.29 is 17.6 Å². The van der Waals surface area contributed by atoms with E-state index in [1.165, 1.54) is 6.07 Å². The molecule has 1 heterocycles. The fourth-order valence-electron chi connectivity index (χ4n) is 2.74. The average Bonchev–Trinajstić information content (AvgIpc) is 2.86. The van der Waals surface area contributed by atoms with Crippen LogP contribution in [0.2, 0.25) is 0 Å². The zero-order valence-electron chi connectivity index (χ0n) is 12.0. The van der Waals surface area contributed by atoms with Gasteiger partial charge in [0.2, 0.25) is 10.0 Å². The number of rotatable bonds is 3. The van der Waals surface area contributed by atoms with Crippen LogP contribution < -0.4 is 5.14 Å². The molecule has 0 bridgehead atoms. The Morgan fingerprint density at radius 2 is 2.10 bits per heavy atom. The van der Waals surface area contributed by atoms with E-state index < -0.39 is 21.7 Å². The summed E-state index contributed by atoms with van der Waals surface area (Å²) in [4.78, 5) is 13.8. The Bertz CT molecular complexity index is 658.